The highest BCUT2D eigenvalue weighted by atomic mass is 31.2. The lowest BCUT2D eigenvalue weighted by molar-refractivity contribution is -0.144. The largest absolute Gasteiger partial charge is 0.475 e. The molecule has 18 heteroatoms. The molecule has 7 N–H and O–H groups in total. The molecule has 0 aromatic carbocycles. The number of amides is 1. The first-order valence-electron chi connectivity index (χ1n) is 12.5. The van der Waals surface area contributed by atoms with Gasteiger partial charge in [-0.15, -0.1) is 0 Å². The van der Waals surface area contributed by atoms with Crippen LogP contribution in [0.2, 0.25) is 0 Å². The number of nitrogens with two attached hydrogens (primary N) is 2. The van der Waals surface area contributed by atoms with Crippen LogP contribution in [-0.4, -0.2) is 91.9 Å². The Morgan fingerprint density at radius 3 is 2.73 bits per heavy atom. The monoisotopic (exact) mass is 587 g/mol. The maximum Gasteiger partial charge on any atom is 0.475 e. The molecule has 1 amide bonds. The summed E-state index contributed by atoms with van der Waals surface area (Å²) in [5, 5.41) is 24.5. The van der Waals surface area contributed by atoms with Crippen molar-refractivity contribution < 1.29 is 47.4 Å². The van der Waals surface area contributed by atoms with Gasteiger partial charge in [-0.25, -0.2) is 9.55 Å². The van der Waals surface area contributed by atoms with Crippen molar-refractivity contribution in [3.63, 3.8) is 0 Å². The molecule has 2 aliphatic rings. The van der Waals surface area contributed by atoms with E-state index in [4.69, 9.17) is 34.5 Å². The third kappa shape index (κ3) is 5.90. The number of nitrogen functional groups attached to an aromatic ring is 2. The lowest BCUT2D eigenvalue weighted by atomic mass is 9.87. The molecule has 1 unspecified atom stereocenters. The maximum atomic E-state index is 13.3. The Kier molecular flexibility index (Phi) is 8.38. The lowest BCUT2D eigenvalue weighted by Crippen LogP contribution is -2.50. The molecule has 0 aliphatic carbocycles. The number of nitrogens with one attached hydrogen (secondary N) is 1. The quantitative estimate of drug-likeness (QED) is 0.186. The van der Waals surface area contributed by atoms with Crippen LogP contribution in [0.5, 0.6) is 0 Å². The van der Waals surface area contributed by atoms with Crippen LogP contribution in [0.1, 0.15) is 40.3 Å². The summed E-state index contributed by atoms with van der Waals surface area (Å²) in [6.45, 7) is 5.87. The van der Waals surface area contributed by atoms with Crippen molar-refractivity contribution in [2.45, 2.75) is 64.3 Å². The summed E-state index contributed by atoms with van der Waals surface area (Å²) in [6, 6.07) is 0. The minimum atomic E-state index is -4.32. The second-order valence-electron chi connectivity index (χ2n) is 10.3. The molecule has 2 aromatic heterocycles. The second-order valence-corrected chi connectivity index (χ2v) is 11.9. The van der Waals surface area contributed by atoms with Gasteiger partial charge in [-0.1, -0.05) is 13.8 Å². The van der Waals surface area contributed by atoms with E-state index >= 15 is 0 Å². The Morgan fingerprint density at radius 1 is 1.30 bits per heavy atom. The van der Waals surface area contributed by atoms with E-state index in [2.05, 4.69) is 20.3 Å². The van der Waals surface area contributed by atoms with Gasteiger partial charge in [0, 0.05) is 12.0 Å². The molecule has 40 heavy (non-hydrogen) atoms. The van der Waals surface area contributed by atoms with E-state index in [1.807, 2.05) is 0 Å². The normalized spacial score (nSPS) is 31.8. The number of aliphatic hydroxyl groups is 2. The van der Waals surface area contributed by atoms with E-state index in [1.54, 1.807) is 20.8 Å². The summed E-state index contributed by atoms with van der Waals surface area (Å²) in [5.41, 5.74) is 9.15. The van der Waals surface area contributed by atoms with Gasteiger partial charge in [-0.3, -0.25) is 27.7 Å². The highest BCUT2D eigenvalue weighted by Gasteiger charge is 2.55. The number of phosphoric acid groups is 1. The fourth-order valence-electron chi connectivity index (χ4n) is 4.38. The average molecular weight is 588 g/mol. The first kappa shape index (κ1) is 30.0. The number of ether oxygens (including phenoxy) is 2. The number of carbonyl (C=O) groups excluding carboxylic acids is 2. The molecule has 17 nitrogen and oxygen atoms in total. The number of anilines is 2. The Balaban J connectivity index is 1.43. The summed E-state index contributed by atoms with van der Waals surface area (Å²) in [6.07, 6.45) is -3.95. The number of imidazole rings is 1. The van der Waals surface area contributed by atoms with Gasteiger partial charge in [0.1, 0.15) is 23.3 Å². The molecule has 6 atom stereocenters. The highest BCUT2D eigenvalue weighted by molar-refractivity contribution is 7.48. The minimum Gasteiger partial charge on any atom is -0.466 e. The minimum absolute atomic E-state index is 0.0106. The first-order valence-corrected chi connectivity index (χ1v) is 14.0. The number of phosphoric ester groups is 1. The van der Waals surface area contributed by atoms with Crippen LogP contribution >= 0.6 is 7.82 Å². The van der Waals surface area contributed by atoms with E-state index in [9.17, 15) is 24.4 Å². The Hall–Kier alpha value is -2.92. The number of esters is 1. The van der Waals surface area contributed by atoms with Crippen LogP contribution in [0.15, 0.2) is 6.33 Å². The average Bonchev–Trinajstić information content (AvgIpc) is 3.38. The number of fused-ring (bicyclic) bond motifs is 1. The molecule has 0 bridgehead atoms. The number of nitrogens with zero attached hydrogens (tertiary/aromatic N) is 4. The highest BCUT2D eigenvalue weighted by Crippen LogP contribution is 2.57. The van der Waals surface area contributed by atoms with Crippen molar-refractivity contribution in [2.24, 2.45) is 5.41 Å². The summed E-state index contributed by atoms with van der Waals surface area (Å²) in [5.74, 6) is -1.20. The predicted molar refractivity (Wildman–Crippen MR) is 137 cm³/mol. The van der Waals surface area contributed by atoms with Crippen LogP contribution in [-0.2, 0) is 37.2 Å². The molecule has 0 saturated carbocycles. The van der Waals surface area contributed by atoms with Gasteiger partial charge in [0.2, 0.25) is 11.9 Å². The van der Waals surface area contributed by atoms with Gasteiger partial charge in [-0.2, -0.15) is 9.97 Å². The lowest BCUT2D eigenvalue weighted by Gasteiger charge is -2.39. The Morgan fingerprint density at radius 2 is 2.02 bits per heavy atom. The fourth-order valence-corrected chi connectivity index (χ4v) is 6.03. The number of hydrogen-bond acceptors (Lipinski definition) is 15. The van der Waals surface area contributed by atoms with Crippen LogP contribution in [0, 0.1) is 5.41 Å². The van der Waals surface area contributed by atoms with E-state index in [0.29, 0.717) is 0 Å². The molecule has 2 fully saturated rings. The van der Waals surface area contributed by atoms with Crippen molar-refractivity contribution in [2.75, 3.05) is 37.8 Å². The molecule has 0 radical (unpaired) electrons. The van der Waals surface area contributed by atoms with Gasteiger partial charge in [0.25, 0.3) is 0 Å². The molecule has 4 heterocycles. The summed E-state index contributed by atoms with van der Waals surface area (Å²) in [7, 11) is -4.32. The van der Waals surface area contributed by atoms with Crippen molar-refractivity contribution in [3.8, 4) is 0 Å². The third-order valence-corrected chi connectivity index (χ3v) is 7.96. The summed E-state index contributed by atoms with van der Waals surface area (Å²) < 4.78 is 41.6. The van der Waals surface area contributed by atoms with Crippen LogP contribution < -0.4 is 16.8 Å². The van der Waals surface area contributed by atoms with E-state index in [-0.39, 0.29) is 49.1 Å². The molecule has 0 spiro atoms. The van der Waals surface area contributed by atoms with Gasteiger partial charge in [0.05, 0.1) is 32.6 Å². The number of aliphatic hydroxyl groups excluding tert-OH is 1. The SMILES string of the molecule is CCOC(=O)CCNC(=O)[C@@H]1OP(=O)(OC[C@H]2O[C@@H](n3cnc4c(N)nc(N)nc43)[C@@](C)(O)[C@H]2O)OCC1(C)C. The number of carbonyl (C=O) groups is 2. The Bertz CT molecular complexity index is 1320. The van der Waals surface area contributed by atoms with E-state index in [0.717, 1.165) is 0 Å². The summed E-state index contributed by atoms with van der Waals surface area (Å²) in [4.78, 5) is 36.4. The van der Waals surface area contributed by atoms with Crippen molar-refractivity contribution >= 4 is 42.6 Å². The Labute approximate surface area is 229 Å². The van der Waals surface area contributed by atoms with Gasteiger partial charge in [0.15, 0.2) is 23.8 Å². The maximum absolute atomic E-state index is 13.3. The topological polar surface area (TPSA) is 245 Å². The van der Waals surface area contributed by atoms with Crippen LogP contribution in [0.3, 0.4) is 0 Å². The number of hydrogen-bond donors (Lipinski definition) is 5. The van der Waals surface area contributed by atoms with Crippen molar-refractivity contribution in [1.29, 1.82) is 0 Å². The zero-order chi connectivity index (χ0) is 29.5. The standard InChI is InChI=1S/C22H34N7O10P/c1-5-35-12(30)6-7-25-18(32)15-21(2,3)9-37-40(34,39-15)36-8-11-14(31)22(4,33)19(38-11)29-10-26-13-16(23)27-20(24)28-17(13)29/h10-11,14-15,19,31,33H,5-9H2,1-4H3,(H,25,32)(H4,23,24,27,28)/t11-,14+,15+,19-,22+,40?/m1/s1. The number of rotatable bonds is 9. The molecular formula is C22H34N7O10P. The fraction of sp³-hybridized carbons (Fsp3) is 0.682. The van der Waals surface area contributed by atoms with Gasteiger partial charge < -0.3 is 36.5 Å². The first-order chi connectivity index (χ1) is 18.7. The third-order valence-electron chi connectivity index (χ3n) is 6.58. The van der Waals surface area contributed by atoms with Gasteiger partial charge >= 0.3 is 13.8 Å². The zero-order valence-corrected chi connectivity index (χ0v) is 23.4. The van der Waals surface area contributed by atoms with E-state index in [1.165, 1.54) is 17.8 Å². The van der Waals surface area contributed by atoms with Gasteiger partial charge in [-0.05, 0) is 13.8 Å². The van der Waals surface area contributed by atoms with Crippen molar-refractivity contribution in [1.82, 2.24) is 24.8 Å². The van der Waals surface area contributed by atoms with Crippen LogP contribution in [0.4, 0.5) is 11.8 Å². The predicted octanol–water partition coefficient (Wildman–Crippen LogP) is -0.364. The molecule has 2 aromatic rings. The number of aromatic nitrogens is 4. The molecule has 4 rings (SSSR count). The second kappa shape index (κ2) is 11.2. The molecule has 2 aliphatic heterocycles. The smallest absolute Gasteiger partial charge is 0.466 e. The zero-order valence-electron chi connectivity index (χ0n) is 22.5. The van der Waals surface area contributed by atoms with Crippen molar-refractivity contribution in [3.05, 3.63) is 6.33 Å². The molecule has 2 saturated heterocycles. The van der Waals surface area contributed by atoms with E-state index < -0.39 is 61.9 Å². The van der Waals surface area contributed by atoms with Crippen LogP contribution in [0.25, 0.3) is 11.2 Å². The molecule has 222 valence electrons. The molecular weight excluding hydrogens is 553 g/mol. The summed E-state index contributed by atoms with van der Waals surface area (Å²) >= 11 is 0.